The Bertz CT molecular complexity index is 482. The number of halogens is 1. The van der Waals surface area contributed by atoms with Gasteiger partial charge in [-0.1, -0.05) is 38.8 Å². The molecule has 2 rings (SSSR count). The maximum absolute atomic E-state index is 12.1. The van der Waals surface area contributed by atoms with Gasteiger partial charge in [0.1, 0.15) is 0 Å². The fraction of sp³-hybridized carbons (Fsp3) is 0.529. The number of imide groups is 1. The number of rotatable bonds is 8. The lowest BCUT2D eigenvalue weighted by atomic mass is 10.1. The molecule has 0 radical (unpaired) electrons. The predicted molar refractivity (Wildman–Crippen MR) is 93.7 cm³/mol. The molecule has 22 heavy (non-hydrogen) atoms. The average Bonchev–Trinajstić information content (AvgIpc) is 2.71. The minimum Gasteiger partial charge on any atom is -0.315 e. The largest absolute Gasteiger partial charge is 0.315 e. The molecule has 0 aliphatic carbocycles. The highest BCUT2D eigenvalue weighted by molar-refractivity contribution is 8.93. The lowest BCUT2D eigenvalue weighted by Gasteiger charge is -2.13. The van der Waals surface area contributed by atoms with Crippen LogP contribution < -0.4 is 5.32 Å². The van der Waals surface area contributed by atoms with E-state index in [1.807, 2.05) is 0 Å². The normalized spacial score (nSPS) is 13.5. The SMILES string of the molecule is Br.CC(C)NCCCCCCN1C(=O)c2ccccc2C1=O. The van der Waals surface area contributed by atoms with Crippen LogP contribution >= 0.6 is 17.0 Å². The molecule has 0 saturated carbocycles. The summed E-state index contributed by atoms with van der Waals surface area (Å²) in [6.07, 6.45) is 4.20. The molecule has 0 unspecified atom stereocenters. The molecule has 0 saturated heterocycles. The number of carbonyl (C=O) groups excluding carboxylic acids is 2. The van der Waals surface area contributed by atoms with Crippen LogP contribution in [-0.2, 0) is 0 Å². The number of fused-ring (bicyclic) bond motifs is 1. The van der Waals surface area contributed by atoms with Crippen LogP contribution in [0.3, 0.4) is 0 Å². The van der Waals surface area contributed by atoms with Gasteiger partial charge >= 0.3 is 0 Å². The summed E-state index contributed by atoms with van der Waals surface area (Å²) in [6, 6.07) is 7.59. The van der Waals surface area contributed by atoms with Crippen molar-refractivity contribution >= 4 is 28.8 Å². The van der Waals surface area contributed by atoms with E-state index < -0.39 is 0 Å². The van der Waals surface area contributed by atoms with Crippen molar-refractivity contribution in [3.05, 3.63) is 35.4 Å². The molecule has 4 nitrogen and oxygen atoms in total. The summed E-state index contributed by atoms with van der Waals surface area (Å²) >= 11 is 0. The second-order valence-electron chi connectivity index (χ2n) is 5.83. The quantitative estimate of drug-likeness (QED) is 0.564. The van der Waals surface area contributed by atoms with E-state index in [9.17, 15) is 9.59 Å². The second kappa shape index (κ2) is 9.06. The van der Waals surface area contributed by atoms with Gasteiger partial charge < -0.3 is 5.32 Å². The first-order valence-corrected chi connectivity index (χ1v) is 7.80. The third kappa shape index (κ3) is 4.65. The molecule has 0 spiro atoms. The summed E-state index contributed by atoms with van der Waals surface area (Å²) in [6.45, 7) is 5.85. The fourth-order valence-electron chi connectivity index (χ4n) is 2.58. The number of hydrogen-bond acceptors (Lipinski definition) is 3. The van der Waals surface area contributed by atoms with Gasteiger partial charge in [-0.15, -0.1) is 17.0 Å². The Kier molecular flexibility index (Phi) is 7.76. The molecule has 0 bridgehead atoms. The standard InChI is InChI=1S/C17H24N2O2.BrH/c1-13(2)18-11-7-3-4-8-12-19-16(20)14-9-5-6-10-15(14)17(19)21;/h5-6,9-10,13,18H,3-4,7-8,11-12H2,1-2H3;1H. The number of carbonyl (C=O) groups is 2. The van der Waals surface area contributed by atoms with Crippen molar-refractivity contribution in [3.63, 3.8) is 0 Å². The predicted octanol–water partition coefficient (Wildman–Crippen LogP) is 3.42. The smallest absolute Gasteiger partial charge is 0.261 e. The highest BCUT2D eigenvalue weighted by atomic mass is 79.9. The Labute approximate surface area is 143 Å². The van der Waals surface area contributed by atoms with Gasteiger partial charge in [0.2, 0.25) is 0 Å². The summed E-state index contributed by atoms with van der Waals surface area (Å²) in [7, 11) is 0. The van der Waals surface area contributed by atoms with Crippen LogP contribution in [0, 0.1) is 0 Å². The molecule has 0 atom stereocenters. The molecule has 1 aliphatic rings. The Morgan fingerprint density at radius 2 is 1.50 bits per heavy atom. The van der Waals surface area contributed by atoms with E-state index in [-0.39, 0.29) is 28.8 Å². The number of amides is 2. The summed E-state index contributed by atoms with van der Waals surface area (Å²) in [5.41, 5.74) is 1.09. The molecule has 0 fully saturated rings. The Hall–Kier alpha value is -1.20. The zero-order valence-electron chi connectivity index (χ0n) is 13.3. The van der Waals surface area contributed by atoms with Crippen molar-refractivity contribution in [2.24, 2.45) is 0 Å². The van der Waals surface area contributed by atoms with Gasteiger partial charge in [0.15, 0.2) is 0 Å². The van der Waals surface area contributed by atoms with Gasteiger partial charge in [0, 0.05) is 12.6 Å². The number of unbranched alkanes of at least 4 members (excludes halogenated alkanes) is 3. The average molecular weight is 369 g/mol. The van der Waals surface area contributed by atoms with E-state index in [0.29, 0.717) is 23.7 Å². The van der Waals surface area contributed by atoms with Crippen LogP contribution in [0.1, 0.15) is 60.2 Å². The molecule has 1 aromatic carbocycles. The Morgan fingerprint density at radius 1 is 0.955 bits per heavy atom. The highest BCUT2D eigenvalue weighted by Crippen LogP contribution is 2.22. The van der Waals surface area contributed by atoms with E-state index >= 15 is 0 Å². The minimum atomic E-state index is -0.142. The molecule has 0 aromatic heterocycles. The number of nitrogens with zero attached hydrogens (tertiary/aromatic N) is 1. The fourth-order valence-corrected chi connectivity index (χ4v) is 2.58. The number of benzene rings is 1. The van der Waals surface area contributed by atoms with Gasteiger partial charge in [-0.25, -0.2) is 0 Å². The van der Waals surface area contributed by atoms with Crippen molar-refractivity contribution in [2.45, 2.75) is 45.6 Å². The molecule has 1 aromatic rings. The van der Waals surface area contributed by atoms with Crippen molar-refractivity contribution in [1.29, 1.82) is 0 Å². The first kappa shape index (κ1) is 18.8. The Morgan fingerprint density at radius 3 is 2.05 bits per heavy atom. The van der Waals surface area contributed by atoms with E-state index in [2.05, 4.69) is 19.2 Å². The maximum atomic E-state index is 12.1. The van der Waals surface area contributed by atoms with Crippen molar-refractivity contribution < 1.29 is 9.59 Å². The van der Waals surface area contributed by atoms with Crippen LogP contribution in [0.5, 0.6) is 0 Å². The summed E-state index contributed by atoms with van der Waals surface area (Å²) in [5.74, 6) is -0.283. The van der Waals surface area contributed by atoms with E-state index in [1.165, 1.54) is 4.90 Å². The zero-order chi connectivity index (χ0) is 15.2. The third-order valence-electron chi connectivity index (χ3n) is 3.74. The molecule has 1 heterocycles. The first-order chi connectivity index (χ1) is 10.1. The topological polar surface area (TPSA) is 49.4 Å². The van der Waals surface area contributed by atoms with Crippen LogP contribution in [0.4, 0.5) is 0 Å². The van der Waals surface area contributed by atoms with Crippen molar-refractivity contribution in [1.82, 2.24) is 10.2 Å². The van der Waals surface area contributed by atoms with Gasteiger partial charge in [-0.2, -0.15) is 0 Å². The monoisotopic (exact) mass is 368 g/mol. The van der Waals surface area contributed by atoms with Gasteiger partial charge in [-0.3, -0.25) is 14.5 Å². The third-order valence-corrected chi connectivity index (χ3v) is 3.74. The van der Waals surface area contributed by atoms with Crippen molar-refractivity contribution in [3.8, 4) is 0 Å². The van der Waals surface area contributed by atoms with Crippen LogP contribution in [0.2, 0.25) is 0 Å². The first-order valence-electron chi connectivity index (χ1n) is 7.80. The number of nitrogens with one attached hydrogen (secondary N) is 1. The molecule has 122 valence electrons. The lowest BCUT2D eigenvalue weighted by molar-refractivity contribution is 0.0651. The molecule has 5 heteroatoms. The summed E-state index contributed by atoms with van der Waals surface area (Å²) in [5, 5.41) is 3.38. The highest BCUT2D eigenvalue weighted by Gasteiger charge is 2.34. The molecule has 2 amide bonds. The van der Waals surface area contributed by atoms with E-state index in [4.69, 9.17) is 0 Å². The molecule has 1 aliphatic heterocycles. The second-order valence-corrected chi connectivity index (χ2v) is 5.83. The van der Waals surface area contributed by atoms with E-state index in [0.717, 1.165) is 32.2 Å². The summed E-state index contributed by atoms with van der Waals surface area (Å²) in [4.78, 5) is 25.7. The lowest BCUT2D eigenvalue weighted by Crippen LogP contribution is -2.30. The number of hydrogen-bond donors (Lipinski definition) is 1. The molecular weight excluding hydrogens is 344 g/mol. The van der Waals surface area contributed by atoms with E-state index in [1.54, 1.807) is 24.3 Å². The van der Waals surface area contributed by atoms with Gasteiger partial charge in [0.25, 0.3) is 11.8 Å². The van der Waals surface area contributed by atoms with Crippen LogP contribution in [-0.4, -0.2) is 35.8 Å². The van der Waals surface area contributed by atoms with Gasteiger partial charge in [0.05, 0.1) is 11.1 Å². The van der Waals surface area contributed by atoms with Crippen LogP contribution in [0.25, 0.3) is 0 Å². The zero-order valence-corrected chi connectivity index (χ0v) is 15.0. The van der Waals surface area contributed by atoms with Crippen LogP contribution in [0.15, 0.2) is 24.3 Å². The minimum absolute atomic E-state index is 0. The molecule has 1 N–H and O–H groups in total. The van der Waals surface area contributed by atoms with Crippen molar-refractivity contribution in [2.75, 3.05) is 13.1 Å². The Balaban J connectivity index is 0.00000242. The maximum Gasteiger partial charge on any atom is 0.261 e. The van der Waals surface area contributed by atoms with Gasteiger partial charge in [-0.05, 0) is 31.5 Å². The summed E-state index contributed by atoms with van der Waals surface area (Å²) < 4.78 is 0. The molecular formula is C17H25BrN2O2.